The van der Waals surface area contributed by atoms with Gasteiger partial charge in [0.2, 0.25) is 0 Å². The molecule has 0 aliphatic carbocycles. The lowest BCUT2D eigenvalue weighted by Crippen LogP contribution is -2.35. The molecule has 1 aliphatic rings. The number of aromatic amines is 1. The number of carbonyl (C=O) groups excluding carboxylic acids is 1. The van der Waals surface area contributed by atoms with Crippen molar-refractivity contribution in [2.45, 2.75) is 20.0 Å². The van der Waals surface area contributed by atoms with Crippen LogP contribution in [0.5, 0.6) is 11.5 Å². The Morgan fingerprint density at radius 2 is 1.66 bits per heavy atom. The number of aromatic nitrogens is 1. The van der Waals surface area contributed by atoms with Gasteiger partial charge in [0.25, 0.3) is 5.56 Å². The first-order chi connectivity index (χ1) is 16.9. The molecule has 0 unspecified atom stereocenters. The first-order valence-corrected chi connectivity index (χ1v) is 11.6. The van der Waals surface area contributed by atoms with E-state index >= 15 is 0 Å². The average Bonchev–Trinajstić information content (AvgIpc) is 2.85. The summed E-state index contributed by atoms with van der Waals surface area (Å²) in [5, 5.41) is 4.28. The SMILES string of the molecule is Cc1ccc(CN(Cc2cc3cc4c(cc3[nH]c2=O)OCCO4)C(=O)Nc2ccc(Cl)cc2)cc1. The van der Waals surface area contributed by atoms with Gasteiger partial charge in [-0.05, 0) is 48.9 Å². The topological polar surface area (TPSA) is 83.7 Å². The van der Waals surface area contributed by atoms with Gasteiger partial charge in [-0.25, -0.2) is 4.79 Å². The van der Waals surface area contributed by atoms with Crippen LogP contribution in [0.3, 0.4) is 0 Å². The van der Waals surface area contributed by atoms with E-state index in [1.807, 2.05) is 37.3 Å². The number of rotatable bonds is 5. The predicted molar refractivity (Wildman–Crippen MR) is 136 cm³/mol. The highest BCUT2D eigenvalue weighted by Gasteiger charge is 2.19. The number of hydrogen-bond donors (Lipinski definition) is 2. The molecule has 0 spiro atoms. The molecule has 0 fully saturated rings. The third-order valence-electron chi connectivity index (χ3n) is 5.82. The zero-order chi connectivity index (χ0) is 24.4. The quantitative estimate of drug-likeness (QED) is 0.388. The van der Waals surface area contributed by atoms with Crippen molar-refractivity contribution in [1.29, 1.82) is 0 Å². The van der Waals surface area contributed by atoms with Crippen LogP contribution in [0, 0.1) is 6.92 Å². The molecular weight excluding hydrogens is 466 g/mol. The van der Waals surface area contributed by atoms with E-state index in [2.05, 4.69) is 10.3 Å². The standard InChI is InChI=1S/C27H24ClN3O4/c1-17-2-4-18(5-3-17)15-31(27(33)29-22-8-6-21(28)7-9-22)16-20-12-19-13-24-25(35-11-10-34-24)14-23(19)30-26(20)32/h2-9,12-14H,10-11,15-16H2,1H3,(H,29,33)(H,30,32). The zero-order valence-corrected chi connectivity index (χ0v) is 19.9. The molecule has 3 aromatic carbocycles. The molecule has 5 rings (SSSR count). The molecule has 0 atom stereocenters. The minimum absolute atomic E-state index is 0.118. The van der Waals surface area contributed by atoms with Crippen LogP contribution < -0.4 is 20.3 Å². The normalized spacial score (nSPS) is 12.4. The van der Waals surface area contributed by atoms with Crippen LogP contribution in [-0.4, -0.2) is 29.1 Å². The molecule has 1 aromatic heterocycles. The number of hydrogen-bond acceptors (Lipinski definition) is 4. The number of halogens is 1. The molecule has 2 heterocycles. The van der Waals surface area contributed by atoms with Crippen LogP contribution in [0.15, 0.2) is 71.5 Å². The van der Waals surface area contributed by atoms with Gasteiger partial charge in [-0.15, -0.1) is 0 Å². The van der Waals surface area contributed by atoms with E-state index in [0.717, 1.165) is 16.5 Å². The Bertz CT molecular complexity index is 1430. The molecule has 0 saturated carbocycles. The molecule has 35 heavy (non-hydrogen) atoms. The number of pyridine rings is 1. The third kappa shape index (κ3) is 5.25. The van der Waals surface area contributed by atoms with Gasteiger partial charge in [0, 0.05) is 34.3 Å². The Balaban J connectivity index is 1.46. The summed E-state index contributed by atoms with van der Waals surface area (Å²) in [5.41, 5.74) is 3.56. The number of benzene rings is 3. The molecule has 2 N–H and O–H groups in total. The lowest BCUT2D eigenvalue weighted by molar-refractivity contribution is 0.172. The van der Waals surface area contributed by atoms with Gasteiger partial charge >= 0.3 is 6.03 Å². The number of anilines is 1. The van der Waals surface area contributed by atoms with Gasteiger partial charge < -0.3 is 24.7 Å². The zero-order valence-electron chi connectivity index (χ0n) is 19.1. The fraction of sp³-hybridized carbons (Fsp3) is 0.185. The predicted octanol–water partition coefficient (Wildman–Crippen LogP) is 5.50. The number of aryl methyl sites for hydroxylation is 1. The van der Waals surface area contributed by atoms with Crippen LogP contribution in [0.25, 0.3) is 10.9 Å². The second kappa shape index (κ2) is 9.72. The average molecular weight is 490 g/mol. The van der Waals surface area contributed by atoms with E-state index in [1.54, 1.807) is 41.3 Å². The van der Waals surface area contributed by atoms with Crippen molar-refractivity contribution in [1.82, 2.24) is 9.88 Å². The van der Waals surface area contributed by atoms with E-state index in [4.69, 9.17) is 21.1 Å². The highest BCUT2D eigenvalue weighted by Crippen LogP contribution is 2.33. The number of ether oxygens (including phenoxy) is 2. The number of nitrogens with zero attached hydrogens (tertiary/aromatic N) is 1. The van der Waals surface area contributed by atoms with Crippen molar-refractivity contribution in [3.63, 3.8) is 0 Å². The van der Waals surface area contributed by atoms with Crippen molar-refractivity contribution in [2.24, 2.45) is 0 Å². The Morgan fingerprint density at radius 3 is 2.37 bits per heavy atom. The van der Waals surface area contributed by atoms with Crippen LogP contribution in [-0.2, 0) is 13.1 Å². The van der Waals surface area contributed by atoms with Crippen LogP contribution >= 0.6 is 11.6 Å². The second-order valence-electron chi connectivity index (χ2n) is 8.49. The smallest absolute Gasteiger partial charge is 0.322 e. The van der Waals surface area contributed by atoms with Crippen molar-refractivity contribution < 1.29 is 14.3 Å². The molecule has 0 saturated heterocycles. The molecule has 0 radical (unpaired) electrons. The van der Waals surface area contributed by atoms with E-state index < -0.39 is 0 Å². The van der Waals surface area contributed by atoms with Crippen LogP contribution in [0.4, 0.5) is 10.5 Å². The Kier molecular flexibility index (Phi) is 6.33. The molecule has 178 valence electrons. The number of amides is 2. The highest BCUT2D eigenvalue weighted by atomic mass is 35.5. The number of H-pyrrole nitrogens is 1. The van der Waals surface area contributed by atoms with E-state index in [0.29, 0.717) is 53.0 Å². The molecule has 4 aromatic rings. The molecule has 2 amide bonds. The summed E-state index contributed by atoms with van der Waals surface area (Å²) in [6.07, 6.45) is 0. The summed E-state index contributed by atoms with van der Waals surface area (Å²) < 4.78 is 11.3. The number of carbonyl (C=O) groups is 1. The summed E-state index contributed by atoms with van der Waals surface area (Å²) in [6.45, 7) is 3.41. The number of nitrogens with one attached hydrogen (secondary N) is 2. The number of urea groups is 1. The van der Waals surface area contributed by atoms with Crippen molar-refractivity contribution >= 4 is 34.2 Å². The first-order valence-electron chi connectivity index (χ1n) is 11.3. The fourth-order valence-corrected chi connectivity index (χ4v) is 4.09. The van der Waals surface area contributed by atoms with Crippen LogP contribution in [0.1, 0.15) is 16.7 Å². The fourth-order valence-electron chi connectivity index (χ4n) is 3.96. The summed E-state index contributed by atoms with van der Waals surface area (Å²) in [7, 11) is 0. The third-order valence-corrected chi connectivity index (χ3v) is 6.07. The van der Waals surface area contributed by atoms with Gasteiger partial charge in [0.05, 0.1) is 12.1 Å². The summed E-state index contributed by atoms with van der Waals surface area (Å²) in [5.74, 6) is 1.24. The van der Waals surface area contributed by atoms with Crippen LogP contribution in [0.2, 0.25) is 5.02 Å². The maximum absolute atomic E-state index is 13.3. The Hall–Kier alpha value is -3.97. The van der Waals surface area contributed by atoms with E-state index in [9.17, 15) is 9.59 Å². The van der Waals surface area contributed by atoms with Gasteiger partial charge in [-0.3, -0.25) is 4.79 Å². The molecule has 8 heteroatoms. The summed E-state index contributed by atoms with van der Waals surface area (Å²) in [6, 6.07) is 19.9. The molecule has 7 nitrogen and oxygen atoms in total. The van der Waals surface area contributed by atoms with Gasteiger partial charge in [0.1, 0.15) is 13.2 Å². The highest BCUT2D eigenvalue weighted by molar-refractivity contribution is 6.30. The van der Waals surface area contributed by atoms with Gasteiger partial charge in [0.15, 0.2) is 11.5 Å². The molecule has 0 bridgehead atoms. The summed E-state index contributed by atoms with van der Waals surface area (Å²) in [4.78, 5) is 30.7. The van der Waals surface area contributed by atoms with Gasteiger partial charge in [-0.1, -0.05) is 41.4 Å². The summed E-state index contributed by atoms with van der Waals surface area (Å²) >= 11 is 5.97. The van der Waals surface area contributed by atoms with Gasteiger partial charge in [-0.2, -0.15) is 0 Å². The minimum atomic E-state index is -0.324. The van der Waals surface area contributed by atoms with Crippen molar-refractivity contribution in [3.8, 4) is 11.5 Å². The molecule has 1 aliphatic heterocycles. The first kappa shape index (κ1) is 22.8. The van der Waals surface area contributed by atoms with Crippen molar-refractivity contribution in [2.75, 3.05) is 18.5 Å². The maximum Gasteiger partial charge on any atom is 0.322 e. The lowest BCUT2D eigenvalue weighted by Gasteiger charge is -2.24. The Labute approximate surface area is 207 Å². The Morgan fingerprint density at radius 1 is 0.971 bits per heavy atom. The second-order valence-corrected chi connectivity index (χ2v) is 8.92. The number of fused-ring (bicyclic) bond motifs is 2. The lowest BCUT2D eigenvalue weighted by atomic mass is 10.1. The van der Waals surface area contributed by atoms with E-state index in [1.165, 1.54) is 0 Å². The molecular formula is C27H24ClN3O4. The van der Waals surface area contributed by atoms with Crippen molar-refractivity contribution in [3.05, 3.63) is 98.8 Å². The maximum atomic E-state index is 13.3. The monoisotopic (exact) mass is 489 g/mol. The minimum Gasteiger partial charge on any atom is -0.486 e. The largest absolute Gasteiger partial charge is 0.486 e. The van der Waals surface area contributed by atoms with E-state index in [-0.39, 0.29) is 18.1 Å².